The van der Waals surface area contributed by atoms with E-state index in [9.17, 15) is 9.18 Å². The molecule has 0 aliphatic rings. The minimum Gasteiger partial charge on any atom is -0.396 e. The summed E-state index contributed by atoms with van der Waals surface area (Å²) in [4.78, 5) is 13.5. The van der Waals surface area contributed by atoms with Crippen LogP contribution in [0.2, 0.25) is 5.02 Å². The van der Waals surface area contributed by atoms with E-state index < -0.39 is 11.7 Å². The fourth-order valence-electron chi connectivity index (χ4n) is 1.69. The molecule has 1 aromatic carbocycles. The number of carbonyl (C=O) groups excluding carboxylic acids is 1. The van der Waals surface area contributed by atoms with Crippen molar-refractivity contribution in [2.24, 2.45) is 0 Å². The van der Waals surface area contributed by atoms with Gasteiger partial charge in [0.2, 0.25) is 5.91 Å². The van der Waals surface area contributed by atoms with Crippen LogP contribution in [0.15, 0.2) is 18.2 Å². The van der Waals surface area contributed by atoms with E-state index in [2.05, 4.69) is 5.32 Å². The van der Waals surface area contributed by atoms with Gasteiger partial charge in [-0.2, -0.15) is 0 Å². The molecule has 0 bridgehead atoms. The largest absolute Gasteiger partial charge is 0.396 e. The molecule has 0 heterocycles. The molecule has 112 valence electrons. The van der Waals surface area contributed by atoms with Gasteiger partial charge in [-0.15, -0.1) is 0 Å². The Hall–Kier alpha value is -1.21. The normalized spacial score (nSPS) is 10.8. The molecule has 0 atom stereocenters. The van der Waals surface area contributed by atoms with Crippen LogP contribution in [0.3, 0.4) is 0 Å². The van der Waals surface area contributed by atoms with E-state index in [-0.39, 0.29) is 25.4 Å². The molecular weight excluding hydrogens is 287 g/mol. The molecule has 0 aliphatic carbocycles. The number of rotatable bonds is 8. The van der Waals surface area contributed by atoms with E-state index in [4.69, 9.17) is 21.8 Å². The number of halogens is 2. The van der Waals surface area contributed by atoms with Crippen LogP contribution in [0.25, 0.3) is 0 Å². The van der Waals surface area contributed by atoms with Crippen molar-refractivity contribution in [2.75, 3.05) is 38.2 Å². The molecule has 1 amide bonds. The molecule has 1 rings (SSSR count). The number of aliphatic hydroxyl groups is 2. The average molecular weight is 305 g/mol. The molecule has 20 heavy (non-hydrogen) atoms. The van der Waals surface area contributed by atoms with Crippen molar-refractivity contribution in [3.8, 4) is 0 Å². The number of amides is 1. The average Bonchev–Trinajstić information content (AvgIpc) is 2.40. The van der Waals surface area contributed by atoms with Crippen LogP contribution in [0.1, 0.15) is 6.42 Å². The molecule has 1 aromatic rings. The van der Waals surface area contributed by atoms with Gasteiger partial charge in [-0.1, -0.05) is 11.6 Å². The van der Waals surface area contributed by atoms with E-state index in [0.717, 1.165) is 0 Å². The zero-order valence-electron chi connectivity index (χ0n) is 11.0. The van der Waals surface area contributed by atoms with Crippen molar-refractivity contribution in [3.05, 3.63) is 29.0 Å². The van der Waals surface area contributed by atoms with Crippen molar-refractivity contribution in [1.82, 2.24) is 4.90 Å². The first-order valence-corrected chi connectivity index (χ1v) is 6.63. The van der Waals surface area contributed by atoms with Crippen molar-refractivity contribution in [1.29, 1.82) is 0 Å². The Balaban J connectivity index is 2.58. The molecular formula is C13H18ClFN2O3. The highest BCUT2D eigenvalue weighted by Gasteiger charge is 2.12. The smallest absolute Gasteiger partial charge is 0.238 e. The zero-order valence-corrected chi connectivity index (χ0v) is 11.7. The summed E-state index contributed by atoms with van der Waals surface area (Å²) in [5, 5.41) is 20.4. The van der Waals surface area contributed by atoms with E-state index in [1.807, 2.05) is 0 Å². The Morgan fingerprint density at radius 1 is 1.30 bits per heavy atom. The summed E-state index contributed by atoms with van der Waals surface area (Å²) in [6.45, 7) is 0.706. The highest BCUT2D eigenvalue weighted by atomic mass is 35.5. The standard InChI is InChI=1S/C13H18ClFN2O3/c14-10-2-3-11(15)12(8-10)16-13(20)9-17(5-7-19)4-1-6-18/h2-3,8,18-19H,1,4-7,9H2,(H,16,20). The lowest BCUT2D eigenvalue weighted by Gasteiger charge is -2.20. The van der Waals surface area contributed by atoms with Gasteiger partial charge in [0.1, 0.15) is 5.82 Å². The summed E-state index contributed by atoms with van der Waals surface area (Å²) in [7, 11) is 0. The Labute approximate surface area is 122 Å². The molecule has 7 heteroatoms. The Bertz CT molecular complexity index is 446. The summed E-state index contributed by atoms with van der Waals surface area (Å²) >= 11 is 5.74. The van der Waals surface area contributed by atoms with Gasteiger partial charge in [0, 0.05) is 24.7 Å². The second-order valence-electron chi connectivity index (χ2n) is 4.25. The van der Waals surface area contributed by atoms with E-state index in [1.54, 1.807) is 4.90 Å². The quantitative estimate of drug-likeness (QED) is 0.672. The van der Waals surface area contributed by atoms with Crippen molar-refractivity contribution >= 4 is 23.2 Å². The topological polar surface area (TPSA) is 72.8 Å². The highest BCUT2D eigenvalue weighted by Crippen LogP contribution is 2.19. The molecule has 0 fully saturated rings. The molecule has 0 radical (unpaired) electrons. The van der Waals surface area contributed by atoms with E-state index in [1.165, 1.54) is 18.2 Å². The van der Waals surface area contributed by atoms with E-state index in [0.29, 0.717) is 24.5 Å². The maximum atomic E-state index is 13.5. The third-order valence-corrected chi connectivity index (χ3v) is 2.85. The van der Waals surface area contributed by atoms with Gasteiger partial charge >= 0.3 is 0 Å². The van der Waals surface area contributed by atoms with Crippen LogP contribution in [0.4, 0.5) is 10.1 Å². The minimum atomic E-state index is -0.563. The lowest BCUT2D eigenvalue weighted by Crippen LogP contribution is -2.36. The predicted octanol–water partition coefficient (Wildman–Crippen LogP) is 1.09. The monoisotopic (exact) mass is 304 g/mol. The summed E-state index contributed by atoms with van der Waals surface area (Å²) in [6, 6.07) is 3.90. The lowest BCUT2D eigenvalue weighted by atomic mass is 10.3. The third-order valence-electron chi connectivity index (χ3n) is 2.62. The number of hydrogen-bond donors (Lipinski definition) is 3. The van der Waals surface area contributed by atoms with Gasteiger partial charge in [-0.05, 0) is 24.6 Å². The SMILES string of the molecule is O=C(CN(CCO)CCCO)Nc1cc(Cl)ccc1F. The molecule has 0 saturated heterocycles. The second kappa shape index (κ2) is 8.86. The number of nitrogens with one attached hydrogen (secondary N) is 1. The molecule has 0 saturated carbocycles. The number of carbonyl (C=O) groups is 1. The number of benzene rings is 1. The van der Waals surface area contributed by atoms with Gasteiger partial charge in [-0.3, -0.25) is 9.69 Å². The first-order chi connectivity index (χ1) is 9.56. The zero-order chi connectivity index (χ0) is 15.0. The van der Waals surface area contributed by atoms with Gasteiger partial charge in [0.15, 0.2) is 0 Å². The fourth-order valence-corrected chi connectivity index (χ4v) is 1.86. The van der Waals surface area contributed by atoms with Crippen molar-refractivity contribution in [2.45, 2.75) is 6.42 Å². The number of hydrogen-bond acceptors (Lipinski definition) is 4. The van der Waals surface area contributed by atoms with Crippen molar-refractivity contribution in [3.63, 3.8) is 0 Å². The van der Waals surface area contributed by atoms with Crippen LogP contribution in [-0.4, -0.2) is 53.9 Å². The Morgan fingerprint density at radius 3 is 2.70 bits per heavy atom. The van der Waals surface area contributed by atoms with Crippen LogP contribution in [-0.2, 0) is 4.79 Å². The van der Waals surface area contributed by atoms with Gasteiger partial charge in [0.25, 0.3) is 0 Å². The van der Waals surface area contributed by atoms with Crippen LogP contribution >= 0.6 is 11.6 Å². The molecule has 0 spiro atoms. The van der Waals surface area contributed by atoms with Gasteiger partial charge in [-0.25, -0.2) is 4.39 Å². The maximum absolute atomic E-state index is 13.5. The highest BCUT2D eigenvalue weighted by molar-refractivity contribution is 6.30. The van der Waals surface area contributed by atoms with Crippen LogP contribution in [0.5, 0.6) is 0 Å². The van der Waals surface area contributed by atoms with Crippen LogP contribution in [0, 0.1) is 5.82 Å². The molecule has 0 unspecified atom stereocenters. The summed E-state index contributed by atoms with van der Waals surface area (Å²) in [5.41, 5.74) is 0.0219. The molecule has 5 nitrogen and oxygen atoms in total. The van der Waals surface area contributed by atoms with Crippen molar-refractivity contribution < 1.29 is 19.4 Å². The predicted molar refractivity (Wildman–Crippen MR) is 75.3 cm³/mol. The van der Waals surface area contributed by atoms with Crippen LogP contribution < -0.4 is 5.32 Å². The summed E-state index contributed by atoms with van der Waals surface area (Å²) in [6.07, 6.45) is 0.499. The second-order valence-corrected chi connectivity index (χ2v) is 4.69. The summed E-state index contributed by atoms with van der Waals surface area (Å²) in [5.74, 6) is -0.968. The molecule has 0 aliphatic heterocycles. The first kappa shape index (κ1) is 16.8. The summed E-state index contributed by atoms with van der Waals surface area (Å²) < 4.78 is 13.5. The third kappa shape index (κ3) is 5.83. The number of nitrogens with zero attached hydrogens (tertiary/aromatic N) is 1. The van der Waals surface area contributed by atoms with E-state index >= 15 is 0 Å². The molecule has 3 N–H and O–H groups in total. The fraction of sp³-hybridized carbons (Fsp3) is 0.462. The van der Waals surface area contributed by atoms with Gasteiger partial charge < -0.3 is 15.5 Å². The Kier molecular flexibility index (Phi) is 7.46. The number of aliphatic hydroxyl groups excluding tert-OH is 2. The molecule has 0 aromatic heterocycles. The van der Waals surface area contributed by atoms with Gasteiger partial charge in [0.05, 0.1) is 18.8 Å². The lowest BCUT2D eigenvalue weighted by molar-refractivity contribution is -0.117. The minimum absolute atomic E-state index is 0.00642. The number of anilines is 1. The maximum Gasteiger partial charge on any atom is 0.238 e. The first-order valence-electron chi connectivity index (χ1n) is 6.25. The Morgan fingerprint density at radius 2 is 2.05 bits per heavy atom.